The predicted molar refractivity (Wildman–Crippen MR) is 112 cm³/mol. The quantitative estimate of drug-likeness (QED) is 0.641. The topological polar surface area (TPSA) is 52.5 Å². The lowest BCUT2D eigenvalue weighted by Crippen LogP contribution is -2.23. The molecule has 0 aromatic heterocycles. The largest absolute Gasteiger partial charge is 0.493 e. The fraction of sp³-hybridized carbons (Fsp3) is 0.435. The van der Waals surface area contributed by atoms with Crippen LogP contribution in [0, 0.1) is 12.8 Å². The molecule has 2 aromatic carbocycles. The van der Waals surface area contributed by atoms with E-state index in [2.05, 4.69) is 47.3 Å². The smallest absolute Gasteiger partial charge is 0.161 e. The summed E-state index contributed by atoms with van der Waals surface area (Å²) in [6.07, 6.45) is 0.129. The molecule has 0 radical (unpaired) electrons. The summed E-state index contributed by atoms with van der Waals surface area (Å²) in [4.78, 5) is 8.17. The van der Waals surface area contributed by atoms with Gasteiger partial charge in [-0.3, -0.25) is 4.90 Å². The van der Waals surface area contributed by atoms with Gasteiger partial charge in [0.2, 0.25) is 0 Å². The van der Waals surface area contributed by atoms with Crippen LogP contribution in [-0.4, -0.2) is 57.2 Å². The second kappa shape index (κ2) is 8.84. The molecular weight excluding hydrogens is 368 g/mol. The first kappa shape index (κ1) is 19.7. The van der Waals surface area contributed by atoms with Gasteiger partial charge in [0.05, 0.1) is 25.3 Å². The lowest BCUT2D eigenvalue weighted by Gasteiger charge is -2.18. The van der Waals surface area contributed by atoms with Crippen molar-refractivity contribution in [3.63, 3.8) is 0 Å². The van der Waals surface area contributed by atoms with Crippen LogP contribution in [0.25, 0.3) is 0 Å². The standard InChI is InChI=1S/C23H28N2O4/c1-16-4-7-18(8-5-16)23-19-14-25(15-22(19)29-24-23)13-17-6-9-20(21(12-17)27-3)28-11-10-26-2/h4-9,12,19,22H,10-11,13-15H2,1-3H3/t19-,22+/m0/s1. The van der Waals surface area contributed by atoms with Crippen molar-refractivity contribution in [2.24, 2.45) is 11.1 Å². The molecule has 2 heterocycles. The molecule has 0 spiro atoms. The number of ether oxygens (including phenoxy) is 3. The molecule has 2 aliphatic heterocycles. The van der Waals surface area contributed by atoms with Gasteiger partial charge in [-0.25, -0.2) is 0 Å². The fourth-order valence-electron chi connectivity index (χ4n) is 3.96. The van der Waals surface area contributed by atoms with Gasteiger partial charge in [-0.1, -0.05) is 41.1 Å². The lowest BCUT2D eigenvalue weighted by molar-refractivity contribution is 0.0745. The van der Waals surface area contributed by atoms with Crippen molar-refractivity contribution in [3.05, 3.63) is 59.2 Å². The summed E-state index contributed by atoms with van der Waals surface area (Å²) in [6, 6.07) is 14.6. The Morgan fingerprint density at radius 2 is 1.86 bits per heavy atom. The van der Waals surface area contributed by atoms with E-state index in [0.717, 1.165) is 42.4 Å². The summed E-state index contributed by atoms with van der Waals surface area (Å²) in [5, 5.41) is 4.38. The number of aryl methyl sites for hydroxylation is 1. The van der Waals surface area contributed by atoms with Gasteiger partial charge < -0.3 is 19.0 Å². The third-order valence-electron chi connectivity index (χ3n) is 5.51. The molecule has 0 saturated carbocycles. The Labute approximate surface area is 172 Å². The number of hydrogen-bond donors (Lipinski definition) is 0. The van der Waals surface area contributed by atoms with Crippen LogP contribution in [0.4, 0.5) is 0 Å². The zero-order valence-corrected chi connectivity index (χ0v) is 17.3. The van der Waals surface area contributed by atoms with Gasteiger partial charge in [-0.2, -0.15) is 0 Å². The van der Waals surface area contributed by atoms with Crippen LogP contribution in [0.5, 0.6) is 11.5 Å². The van der Waals surface area contributed by atoms with Crippen LogP contribution in [0.15, 0.2) is 47.6 Å². The second-order valence-electron chi connectivity index (χ2n) is 7.61. The first-order valence-corrected chi connectivity index (χ1v) is 9.99. The number of nitrogens with zero attached hydrogens (tertiary/aromatic N) is 2. The Morgan fingerprint density at radius 1 is 1.03 bits per heavy atom. The van der Waals surface area contributed by atoms with Crippen LogP contribution >= 0.6 is 0 Å². The molecule has 29 heavy (non-hydrogen) atoms. The normalized spacial score (nSPS) is 20.9. The maximum atomic E-state index is 5.75. The summed E-state index contributed by atoms with van der Waals surface area (Å²) in [5.74, 6) is 1.80. The van der Waals surface area contributed by atoms with E-state index in [4.69, 9.17) is 19.0 Å². The molecule has 1 fully saturated rings. The van der Waals surface area contributed by atoms with Gasteiger partial charge in [0.15, 0.2) is 11.5 Å². The highest BCUT2D eigenvalue weighted by Gasteiger charge is 2.42. The van der Waals surface area contributed by atoms with Gasteiger partial charge in [0.25, 0.3) is 0 Å². The maximum Gasteiger partial charge on any atom is 0.161 e. The minimum absolute atomic E-state index is 0.129. The molecule has 0 bridgehead atoms. The molecule has 1 saturated heterocycles. The summed E-state index contributed by atoms with van der Waals surface area (Å²) in [5.41, 5.74) is 4.66. The van der Waals surface area contributed by atoms with Gasteiger partial charge in [-0.05, 0) is 30.2 Å². The molecule has 2 atom stereocenters. The number of rotatable bonds is 8. The van der Waals surface area contributed by atoms with Gasteiger partial charge in [0.1, 0.15) is 12.7 Å². The van der Waals surface area contributed by atoms with Crippen molar-refractivity contribution < 1.29 is 19.0 Å². The maximum absolute atomic E-state index is 5.75. The van der Waals surface area contributed by atoms with Gasteiger partial charge in [-0.15, -0.1) is 0 Å². The van der Waals surface area contributed by atoms with Crippen LogP contribution in [-0.2, 0) is 16.1 Å². The predicted octanol–water partition coefficient (Wildman–Crippen LogP) is 3.26. The summed E-state index contributed by atoms with van der Waals surface area (Å²) in [6.45, 7) is 5.79. The molecule has 2 aromatic rings. The number of likely N-dealkylation sites (tertiary alicyclic amines) is 1. The Balaban J connectivity index is 1.40. The Hall–Kier alpha value is -2.57. The van der Waals surface area contributed by atoms with E-state index >= 15 is 0 Å². The van der Waals surface area contributed by atoms with Crippen LogP contribution in [0.1, 0.15) is 16.7 Å². The number of methoxy groups -OCH3 is 2. The molecule has 0 amide bonds. The molecule has 6 nitrogen and oxygen atoms in total. The third kappa shape index (κ3) is 4.38. The molecule has 0 N–H and O–H groups in total. The van der Waals surface area contributed by atoms with E-state index in [1.807, 2.05) is 12.1 Å². The summed E-state index contributed by atoms with van der Waals surface area (Å²) in [7, 11) is 3.33. The van der Waals surface area contributed by atoms with E-state index in [0.29, 0.717) is 19.1 Å². The van der Waals surface area contributed by atoms with Crippen molar-refractivity contribution in [1.82, 2.24) is 4.90 Å². The zero-order valence-electron chi connectivity index (χ0n) is 17.3. The highest BCUT2D eigenvalue weighted by atomic mass is 16.6. The molecule has 0 unspecified atom stereocenters. The van der Waals surface area contributed by atoms with E-state index < -0.39 is 0 Å². The highest BCUT2D eigenvalue weighted by Crippen LogP contribution is 2.33. The van der Waals surface area contributed by atoms with E-state index in [1.165, 1.54) is 11.1 Å². The van der Waals surface area contributed by atoms with Crippen LogP contribution in [0.3, 0.4) is 0 Å². The average Bonchev–Trinajstić information content (AvgIpc) is 3.30. The number of oxime groups is 1. The van der Waals surface area contributed by atoms with Gasteiger partial charge >= 0.3 is 0 Å². The first-order chi connectivity index (χ1) is 14.2. The first-order valence-electron chi connectivity index (χ1n) is 9.99. The monoisotopic (exact) mass is 396 g/mol. The van der Waals surface area contributed by atoms with Gasteiger partial charge in [0, 0.05) is 26.7 Å². The SMILES string of the molecule is COCCOc1ccc(CN2C[C@@H]3C(c4ccc(C)cc4)=NO[C@@H]3C2)cc1OC. The molecular formula is C23H28N2O4. The minimum Gasteiger partial charge on any atom is -0.493 e. The fourth-order valence-corrected chi connectivity index (χ4v) is 3.96. The Kier molecular flexibility index (Phi) is 6.02. The van der Waals surface area contributed by atoms with Crippen molar-refractivity contribution in [2.75, 3.05) is 40.5 Å². The second-order valence-corrected chi connectivity index (χ2v) is 7.61. The number of benzene rings is 2. The third-order valence-corrected chi connectivity index (χ3v) is 5.51. The Bertz CT molecular complexity index is 866. The molecule has 4 rings (SSSR count). The van der Waals surface area contributed by atoms with Crippen molar-refractivity contribution >= 4 is 5.71 Å². The van der Waals surface area contributed by atoms with Crippen molar-refractivity contribution in [2.45, 2.75) is 19.6 Å². The minimum atomic E-state index is 0.129. The van der Waals surface area contributed by atoms with E-state index in [9.17, 15) is 0 Å². The Morgan fingerprint density at radius 3 is 2.62 bits per heavy atom. The van der Waals surface area contributed by atoms with E-state index in [-0.39, 0.29) is 6.10 Å². The van der Waals surface area contributed by atoms with Crippen molar-refractivity contribution in [1.29, 1.82) is 0 Å². The summed E-state index contributed by atoms with van der Waals surface area (Å²) >= 11 is 0. The van der Waals surface area contributed by atoms with E-state index in [1.54, 1.807) is 14.2 Å². The van der Waals surface area contributed by atoms with Crippen LogP contribution < -0.4 is 9.47 Å². The molecule has 6 heteroatoms. The molecule has 154 valence electrons. The summed E-state index contributed by atoms with van der Waals surface area (Å²) < 4.78 is 16.3. The molecule has 0 aliphatic carbocycles. The zero-order chi connectivity index (χ0) is 20.2. The average molecular weight is 396 g/mol. The number of fused-ring (bicyclic) bond motifs is 1. The lowest BCUT2D eigenvalue weighted by atomic mass is 9.94. The highest BCUT2D eigenvalue weighted by molar-refractivity contribution is 6.03. The van der Waals surface area contributed by atoms with Crippen LogP contribution in [0.2, 0.25) is 0 Å². The van der Waals surface area contributed by atoms with Crippen molar-refractivity contribution in [3.8, 4) is 11.5 Å². The number of hydrogen-bond acceptors (Lipinski definition) is 6. The molecule has 2 aliphatic rings.